The number of hydrogen-bond donors (Lipinski definition) is 1. The third-order valence-electron chi connectivity index (χ3n) is 4.63. The number of fused-ring (bicyclic) bond motifs is 1. The van der Waals surface area contributed by atoms with Crippen molar-refractivity contribution in [1.29, 1.82) is 0 Å². The van der Waals surface area contributed by atoms with E-state index in [1.54, 1.807) is 0 Å². The van der Waals surface area contributed by atoms with Gasteiger partial charge in [-0.15, -0.1) is 0 Å². The Labute approximate surface area is 126 Å². The van der Waals surface area contributed by atoms with Gasteiger partial charge in [0.25, 0.3) is 0 Å². The Morgan fingerprint density at radius 1 is 1.43 bits per heavy atom. The second-order valence-corrected chi connectivity index (χ2v) is 5.97. The summed E-state index contributed by atoms with van der Waals surface area (Å²) < 4.78 is 2.05. The summed E-state index contributed by atoms with van der Waals surface area (Å²) in [5.74, 6) is 0. The molecule has 2 aliphatic heterocycles. The monoisotopic (exact) mass is 291 g/mol. The standard InChI is InChI=1S/C15H25N5O/c1-3-13(4-2)20-7-5-12(17-20)10-18-11-14-9-16-6-8-19(14)15(18)21/h5,7,13-14,16H,3-4,6,8-11H2,1-2H3. The van der Waals surface area contributed by atoms with Gasteiger partial charge >= 0.3 is 6.03 Å². The Balaban J connectivity index is 1.65. The van der Waals surface area contributed by atoms with Crippen LogP contribution in [0.3, 0.4) is 0 Å². The van der Waals surface area contributed by atoms with E-state index < -0.39 is 0 Å². The molecule has 0 radical (unpaired) electrons. The molecular formula is C15H25N5O. The quantitative estimate of drug-likeness (QED) is 0.893. The van der Waals surface area contributed by atoms with Crippen molar-refractivity contribution in [2.75, 3.05) is 26.2 Å². The largest absolute Gasteiger partial charge is 0.320 e. The number of hydrogen-bond acceptors (Lipinski definition) is 3. The Morgan fingerprint density at radius 3 is 2.95 bits per heavy atom. The second-order valence-electron chi connectivity index (χ2n) is 5.97. The highest BCUT2D eigenvalue weighted by molar-refractivity contribution is 5.77. The van der Waals surface area contributed by atoms with Crippen LogP contribution in [0.2, 0.25) is 0 Å². The molecule has 3 rings (SSSR count). The highest BCUT2D eigenvalue weighted by Crippen LogP contribution is 2.20. The zero-order valence-electron chi connectivity index (χ0n) is 13.0. The summed E-state index contributed by atoms with van der Waals surface area (Å²) in [6, 6.07) is 3.00. The molecule has 0 bridgehead atoms. The van der Waals surface area contributed by atoms with Gasteiger partial charge in [0.05, 0.1) is 24.3 Å². The number of carbonyl (C=O) groups excluding carboxylic acids is 1. The first-order valence-electron chi connectivity index (χ1n) is 8.03. The number of carbonyl (C=O) groups is 1. The molecule has 0 aliphatic carbocycles. The van der Waals surface area contributed by atoms with Crippen molar-refractivity contribution in [3.63, 3.8) is 0 Å². The minimum Gasteiger partial charge on any atom is -0.317 e. The molecule has 1 N–H and O–H groups in total. The Hall–Kier alpha value is -1.56. The van der Waals surface area contributed by atoms with Crippen LogP contribution in [0.5, 0.6) is 0 Å². The van der Waals surface area contributed by atoms with E-state index >= 15 is 0 Å². The number of piperazine rings is 1. The lowest BCUT2D eigenvalue weighted by Crippen LogP contribution is -2.49. The lowest BCUT2D eigenvalue weighted by Gasteiger charge is -2.28. The van der Waals surface area contributed by atoms with Crippen LogP contribution in [0.4, 0.5) is 4.79 Å². The van der Waals surface area contributed by atoms with Crippen molar-refractivity contribution >= 4 is 6.03 Å². The van der Waals surface area contributed by atoms with Crippen molar-refractivity contribution in [3.05, 3.63) is 18.0 Å². The molecule has 0 spiro atoms. The lowest BCUT2D eigenvalue weighted by molar-refractivity contribution is 0.178. The van der Waals surface area contributed by atoms with E-state index in [1.165, 1.54) is 0 Å². The summed E-state index contributed by atoms with van der Waals surface area (Å²) in [7, 11) is 0. The highest BCUT2D eigenvalue weighted by atomic mass is 16.2. The third kappa shape index (κ3) is 2.77. The zero-order chi connectivity index (χ0) is 14.8. The van der Waals surface area contributed by atoms with Gasteiger partial charge in [0.15, 0.2) is 0 Å². The van der Waals surface area contributed by atoms with Crippen molar-refractivity contribution in [2.45, 2.75) is 45.3 Å². The number of rotatable bonds is 5. The molecule has 2 aliphatic rings. The van der Waals surface area contributed by atoms with E-state index in [4.69, 9.17) is 0 Å². The molecule has 2 amide bonds. The van der Waals surface area contributed by atoms with E-state index in [0.29, 0.717) is 18.6 Å². The van der Waals surface area contributed by atoms with Crippen LogP contribution in [0.15, 0.2) is 12.3 Å². The molecule has 6 nitrogen and oxygen atoms in total. The van der Waals surface area contributed by atoms with Crippen LogP contribution in [-0.4, -0.2) is 57.8 Å². The fourth-order valence-electron chi connectivity index (χ4n) is 3.35. The molecule has 1 aromatic rings. The van der Waals surface area contributed by atoms with Gasteiger partial charge in [0, 0.05) is 32.4 Å². The predicted molar refractivity (Wildman–Crippen MR) is 81.0 cm³/mol. The maximum atomic E-state index is 12.4. The van der Waals surface area contributed by atoms with E-state index in [0.717, 1.165) is 44.7 Å². The van der Waals surface area contributed by atoms with E-state index in [2.05, 4.69) is 24.3 Å². The van der Waals surface area contributed by atoms with Crippen LogP contribution in [0.25, 0.3) is 0 Å². The average molecular weight is 291 g/mol. The van der Waals surface area contributed by atoms with Gasteiger partial charge in [0.2, 0.25) is 0 Å². The number of nitrogens with one attached hydrogen (secondary N) is 1. The minimum atomic E-state index is 0.165. The molecule has 1 aromatic heterocycles. The molecule has 6 heteroatoms. The normalized spacial score (nSPS) is 22.2. The molecule has 2 saturated heterocycles. The number of amides is 2. The van der Waals surface area contributed by atoms with Crippen molar-refractivity contribution in [2.24, 2.45) is 0 Å². The SMILES string of the molecule is CCC(CC)n1ccc(CN2CC3CNCCN3C2=O)n1. The van der Waals surface area contributed by atoms with E-state index in [9.17, 15) is 4.79 Å². The first-order chi connectivity index (χ1) is 10.2. The summed E-state index contributed by atoms with van der Waals surface area (Å²) in [5.41, 5.74) is 0.989. The molecule has 21 heavy (non-hydrogen) atoms. The predicted octanol–water partition coefficient (Wildman–Crippen LogP) is 1.45. The van der Waals surface area contributed by atoms with Gasteiger partial charge in [-0.2, -0.15) is 5.10 Å². The average Bonchev–Trinajstić information content (AvgIpc) is 3.08. The Morgan fingerprint density at radius 2 is 2.24 bits per heavy atom. The molecule has 1 atom stereocenters. The van der Waals surface area contributed by atoms with Crippen molar-refractivity contribution in [3.8, 4) is 0 Å². The molecule has 3 heterocycles. The number of urea groups is 1. The van der Waals surface area contributed by atoms with E-state index in [1.807, 2.05) is 26.7 Å². The lowest BCUT2D eigenvalue weighted by atomic mass is 10.2. The van der Waals surface area contributed by atoms with Crippen LogP contribution >= 0.6 is 0 Å². The zero-order valence-corrected chi connectivity index (χ0v) is 13.0. The molecule has 1 unspecified atom stereocenters. The van der Waals surface area contributed by atoms with Gasteiger partial charge < -0.3 is 15.1 Å². The molecule has 2 fully saturated rings. The van der Waals surface area contributed by atoms with Crippen LogP contribution < -0.4 is 5.32 Å². The molecular weight excluding hydrogens is 266 g/mol. The fraction of sp³-hybridized carbons (Fsp3) is 0.733. The summed E-state index contributed by atoms with van der Waals surface area (Å²) in [6.07, 6.45) is 4.21. The van der Waals surface area contributed by atoms with Gasteiger partial charge in [-0.3, -0.25) is 4.68 Å². The number of nitrogens with zero attached hydrogens (tertiary/aromatic N) is 4. The van der Waals surface area contributed by atoms with E-state index in [-0.39, 0.29) is 6.03 Å². The first-order valence-corrected chi connectivity index (χ1v) is 8.03. The summed E-state index contributed by atoms with van der Waals surface area (Å²) in [5, 5.41) is 8.01. The van der Waals surface area contributed by atoms with Crippen LogP contribution in [0, 0.1) is 0 Å². The number of aromatic nitrogens is 2. The summed E-state index contributed by atoms with van der Waals surface area (Å²) in [6.45, 7) is 8.43. The van der Waals surface area contributed by atoms with Gasteiger partial charge in [-0.25, -0.2) is 4.79 Å². The summed E-state index contributed by atoms with van der Waals surface area (Å²) >= 11 is 0. The molecule has 116 valence electrons. The highest BCUT2D eigenvalue weighted by Gasteiger charge is 2.38. The molecule has 0 saturated carbocycles. The topological polar surface area (TPSA) is 53.4 Å². The van der Waals surface area contributed by atoms with Crippen LogP contribution in [-0.2, 0) is 6.54 Å². The third-order valence-corrected chi connectivity index (χ3v) is 4.63. The van der Waals surface area contributed by atoms with Gasteiger partial charge in [-0.05, 0) is 18.9 Å². The van der Waals surface area contributed by atoms with Crippen molar-refractivity contribution in [1.82, 2.24) is 24.9 Å². The Bertz CT molecular complexity index is 496. The van der Waals surface area contributed by atoms with Crippen molar-refractivity contribution < 1.29 is 4.79 Å². The maximum Gasteiger partial charge on any atom is 0.320 e. The van der Waals surface area contributed by atoms with Crippen LogP contribution in [0.1, 0.15) is 38.4 Å². The summed E-state index contributed by atoms with van der Waals surface area (Å²) in [4.78, 5) is 16.3. The molecule has 0 aromatic carbocycles. The fourth-order valence-corrected chi connectivity index (χ4v) is 3.35. The first kappa shape index (κ1) is 14.4. The van der Waals surface area contributed by atoms with Gasteiger partial charge in [0.1, 0.15) is 0 Å². The second kappa shape index (κ2) is 6.05. The maximum absolute atomic E-state index is 12.4. The Kier molecular flexibility index (Phi) is 4.14. The smallest absolute Gasteiger partial charge is 0.317 e. The van der Waals surface area contributed by atoms with Gasteiger partial charge in [-0.1, -0.05) is 13.8 Å². The minimum absolute atomic E-state index is 0.165.